The summed E-state index contributed by atoms with van der Waals surface area (Å²) in [5.74, 6) is 0. The van der Waals surface area contributed by atoms with Gasteiger partial charge in [-0.15, -0.1) is 0 Å². The summed E-state index contributed by atoms with van der Waals surface area (Å²) in [6, 6.07) is 0. The molecule has 0 bridgehead atoms. The third-order valence-corrected chi connectivity index (χ3v) is 16.3. The molecule has 0 aliphatic rings. The molecule has 0 saturated carbocycles. The molecule has 19 heavy (non-hydrogen) atoms. The summed E-state index contributed by atoms with van der Waals surface area (Å²) in [4.78, 5) is 0. The van der Waals surface area contributed by atoms with Crippen molar-refractivity contribution in [3.63, 3.8) is 0 Å². The van der Waals surface area contributed by atoms with E-state index in [4.69, 9.17) is 16.5 Å². The van der Waals surface area contributed by atoms with Crippen LogP contribution in [0.4, 0.5) is 0 Å². The Bertz CT molecular complexity index is 248. The summed E-state index contributed by atoms with van der Waals surface area (Å²) in [5, 5.41) is 0. The first-order chi connectivity index (χ1) is 8.20. The van der Waals surface area contributed by atoms with Gasteiger partial charge >= 0.3 is 17.8 Å². The lowest BCUT2D eigenvalue weighted by atomic mass is 11.8. The zero-order valence-electron chi connectivity index (χ0n) is 14.2. The molecule has 0 aromatic heterocycles. The molecule has 0 amide bonds. The molecule has 0 rings (SSSR count). The maximum atomic E-state index is 6.13. The monoisotopic (exact) mass is 355 g/mol. The average Bonchev–Trinajstić information content (AvgIpc) is 1.89. The highest BCUT2D eigenvalue weighted by Crippen LogP contribution is 2.16. The van der Waals surface area contributed by atoms with Gasteiger partial charge in [0.05, 0.1) is 0 Å². The van der Waals surface area contributed by atoms with Crippen LogP contribution in [0.1, 0.15) is 0 Å². The summed E-state index contributed by atoms with van der Waals surface area (Å²) in [6.45, 7) is 21.5. The van der Waals surface area contributed by atoms with Crippen LogP contribution in [0.2, 0.25) is 65.5 Å². The molecule has 0 fully saturated rings. The second-order valence-corrected chi connectivity index (χ2v) is 24.0. The van der Waals surface area contributed by atoms with E-state index in [-0.39, 0.29) is 0 Å². The quantitative estimate of drug-likeness (QED) is 0.625. The van der Waals surface area contributed by atoms with Crippen LogP contribution < -0.4 is 0 Å². The zero-order chi connectivity index (χ0) is 15.5. The summed E-state index contributed by atoms with van der Waals surface area (Å²) in [6.07, 6.45) is 0. The summed E-state index contributed by atoms with van der Waals surface area (Å²) < 4.78 is 24.3. The lowest BCUT2D eigenvalue weighted by molar-refractivity contribution is 0.328. The van der Waals surface area contributed by atoms with E-state index < -0.39 is 43.8 Å². The highest BCUT2D eigenvalue weighted by Gasteiger charge is 2.34. The molecule has 1 atom stereocenters. The molecule has 9 heteroatoms. The smallest absolute Gasteiger partial charge is 0.360 e. The Labute approximate surface area is 126 Å². The molecule has 0 aromatic rings. The predicted octanol–water partition coefficient (Wildman–Crippen LogP) is 3.39. The van der Waals surface area contributed by atoms with Crippen LogP contribution in [-0.4, -0.2) is 43.8 Å². The minimum absolute atomic E-state index is 1.22. The van der Waals surface area contributed by atoms with Crippen molar-refractivity contribution in [3.8, 4) is 0 Å². The molecule has 4 nitrogen and oxygen atoms in total. The molecular weight excluding hydrogens is 325 g/mol. The highest BCUT2D eigenvalue weighted by molar-refractivity contribution is 6.82. The van der Waals surface area contributed by atoms with Crippen LogP contribution in [0.25, 0.3) is 0 Å². The van der Waals surface area contributed by atoms with Gasteiger partial charge in [-0.3, -0.25) is 0 Å². The first-order valence-corrected chi connectivity index (χ1v) is 20.3. The topological polar surface area (TPSA) is 36.9 Å². The van der Waals surface area contributed by atoms with E-state index in [1.807, 2.05) is 0 Å². The van der Waals surface area contributed by atoms with Gasteiger partial charge < -0.3 is 16.5 Å². The molecule has 0 N–H and O–H groups in total. The SMILES string of the molecule is C[Si](O[Si](C)(C)C)O[Si](C)(C)O[SiH](C)O[Si](C)(C)C. The molecule has 0 heterocycles. The Morgan fingerprint density at radius 3 is 1.58 bits per heavy atom. The maximum absolute atomic E-state index is 6.13. The molecule has 0 aromatic carbocycles. The molecule has 1 radical (unpaired) electrons. The largest absolute Gasteiger partial charge is 0.439 e. The van der Waals surface area contributed by atoms with Crippen molar-refractivity contribution >= 4 is 43.8 Å². The second-order valence-electron chi connectivity index (χ2n) is 7.12. The lowest BCUT2D eigenvalue weighted by Gasteiger charge is -2.33. The fourth-order valence-corrected chi connectivity index (χ4v) is 16.9. The molecular formula is C10H31O4Si5. The third-order valence-electron chi connectivity index (χ3n) is 1.81. The predicted molar refractivity (Wildman–Crippen MR) is 93.1 cm³/mol. The van der Waals surface area contributed by atoms with Crippen LogP contribution in [0.15, 0.2) is 0 Å². The Morgan fingerprint density at radius 1 is 0.737 bits per heavy atom. The van der Waals surface area contributed by atoms with Gasteiger partial charge in [0, 0.05) is 0 Å². The number of hydrogen-bond acceptors (Lipinski definition) is 4. The summed E-state index contributed by atoms with van der Waals surface area (Å²) >= 11 is 0. The van der Waals surface area contributed by atoms with Gasteiger partial charge in [0.25, 0.3) is 9.28 Å². The van der Waals surface area contributed by atoms with E-state index in [9.17, 15) is 0 Å². The fourth-order valence-electron chi connectivity index (χ4n) is 1.74. The van der Waals surface area contributed by atoms with Crippen molar-refractivity contribution in [2.24, 2.45) is 0 Å². The normalized spacial score (nSPS) is 15.9. The van der Waals surface area contributed by atoms with Gasteiger partial charge in [-0.1, -0.05) is 0 Å². The van der Waals surface area contributed by atoms with Gasteiger partial charge in [-0.2, -0.15) is 0 Å². The van der Waals surface area contributed by atoms with E-state index in [0.29, 0.717) is 0 Å². The van der Waals surface area contributed by atoms with E-state index >= 15 is 0 Å². The molecule has 0 spiro atoms. The van der Waals surface area contributed by atoms with Crippen molar-refractivity contribution < 1.29 is 16.5 Å². The van der Waals surface area contributed by atoms with E-state index in [1.54, 1.807) is 0 Å². The van der Waals surface area contributed by atoms with Gasteiger partial charge in [0.1, 0.15) is 0 Å². The van der Waals surface area contributed by atoms with Crippen molar-refractivity contribution in [3.05, 3.63) is 0 Å². The zero-order valence-corrected chi connectivity index (χ0v) is 19.4. The molecule has 0 saturated heterocycles. The van der Waals surface area contributed by atoms with Gasteiger partial charge in [0.15, 0.2) is 16.6 Å². The van der Waals surface area contributed by atoms with Crippen LogP contribution in [0.3, 0.4) is 0 Å². The Morgan fingerprint density at radius 2 is 1.21 bits per heavy atom. The third kappa shape index (κ3) is 12.4. The lowest BCUT2D eigenvalue weighted by Crippen LogP contribution is -2.49. The van der Waals surface area contributed by atoms with Gasteiger partial charge in [-0.25, -0.2) is 0 Å². The van der Waals surface area contributed by atoms with Crippen molar-refractivity contribution in [1.82, 2.24) is 0 Å². The molecule has 1 unspecified atom stereocenters. The minimum atomic E-state index is -2.13. The maximum Gasteiger partial charge on any atom is 0.360 e. The number of rotatable bonds is 8. The summed E-state index contributed by atoms with van der Waals surface area (Å²) in [7, 11) is -7.97. The van der Waals surface area contributed by atoms with Gasteiger partial charge in [-0.05, 0) is 65.5 Å². The standard InChI is InChI=1S/C10H31O4Si5/c1-15(11-17(3,4)5)13-19(9,10)14-16(2)12-18(6,7)8/h15H,1-10H3. The van der Waals surface area contributed by atoms with Crippen LogP contribution in [-0.2, 0) is 16.5 Å². The van der Waals surface area contributed by atoms with E-state index in [2.05, 4.69) is 65.5 Å². The van der Waals surface area contributed by atoms with Gasteiger partial charge in [0.2, 0.25) is 0 Å². The van der Waals surface area contributed by atoms with E-state index in [0.717, 1.165) is 0 Å². The number of hydrogen-bond donors (Lipinski definition) is 0. The summed E-state index contributed by atoms with van der Waals surface area (Å²) in [5.41, 5.74) is 0. The first-order valence-electron chi connectivity index (χ1n) is 6.77. The Kier molecular flexibility index (Phi) is 7.62. The fraction of sp³-hybridized carbons (Fsp3) is 1.00. The Balaban J connectivity index is 4.31. The van der Waals surface area contributed by atoms with Crippen molar-refractivity contribution in [2.45, 2.75) is 65.5 Å². The Hall–Kier alpha value is 0.924. The van der Waals surface area contributed by atoms with Crippen LogP contribution in [0.5, 0.6) is 0 Å². The molecule has 115 valence electrons. The first kappa shape index (κ1) is 19.9. The molecule has 0 aliphatic carbocycles. The van der Waals surface area contributed by atoms with Crippen molar-refractivity contribution in [1.29, 1.82) is 0 Å². The highest BCUT2D eigenvalue weighted by atomic mass is 28.5. The van der Waals surface area contributed by atoms with Crippen LogP contribution >= 0.6 is 0 Å². The molecule has 0 aliphatic heterocycles. The average molecular weight is 356 g/mol. The second kappa shape index (κ2) is 7.27. The van der Waals surface area contributed by atoms with Crippen LogP contribution in [0, 0.1) is 0 Å². The minimum Gasteiger partial charge on any atom is -0.439 e. The van der Waals surface area contributed by atoms with E-state index in [1.165, 1.54) is 0 Å². The van der Waals surface area contributed by atoms with Crippen molar-refractivity contribution in [2.75, 3.05) is 0 Å².